The van der Waals surface area contributed by atoms with Crippen LogP contribution in [-0.4, -0.2) is 11.1 Å². The highest BCUT2D eigenvalue weighted by molar-refractivity contribution is 6.99. The normalized spacial score (nSPS) is 10.7. The van der Waals surface area contributed by atoms with E-state index in [9.17, 15) is 9.18 Å². The molecule has 0 saturated heterocycles. The van der Waals surface area contributed by atoms with Crippen LogP contribution in [0.1, 0.15) is 21.5 Å². The van der Waals surface area contributed by atoms with E-state index in [2.05, 4.69) is 0 Å². The molecule has 3 rings (SSSR count). The van der Waals surface area contributed by atoms with Gasteiger partial charge in [-0.15, -0.1) is 3.96 Å². The third kappa shape index (κ3) is 3.63. The summed E-state index contributed by atoms with van der Waals surface area (Å²) in [5.74, 6) is -1.16. The number of aromatic carboxylic acids is 1. The van der Waals surface area contributed by atoms with Crippen LogP contribution in [0.4, 0.5) is 4.39 Å². The number of halogens is 1. The molecular weight excluding hydrogens is 313 g/mol. The molecule has 0 aliphatic heterocycles. The fourth-order valence-electron chi connectivity index (χ4n) is 2.40. The van der Waals surface area contributed by atoms with Gasteiger partial charge in [-0.2, -0.15) is 0 Å². The topological polar surface area (TPSA) is 41.2 Å². The maximum Gasteiger partial charge on any atom is 0.335 e. The lowest BCUT2D eigenvalue weighted by molar-refractivity contribution is -0.618. The number of carboxylic acids is 1. The fraction of sp³-hybridized carbons (Fsp3) is 0.111. The standard InChI is InChI=1S/C18H14FNO2S/c1-12-6-15(8-17(19)7-12)16-10-20(23-11-16)9-13-2-4-14(5-3-13)18(21)22/h2-8,10-11H,9H2,1H3/p+1. The van der Waals surface area contributed by atoms with Crippen molar-refractivity contribution in [3.8, 4) is 11.1 Å². The molecule has 0 atom stereocenters. The van der Waals surface area contributed by atoms with Gasteiger partial charge < -0.3 is 5.11 Å². The molecule has 0 spiro atoms. The SMILES string of the molecule is Cc1cc(F)cc(-c2cs[n+](Cc3ccc(C(=O)O)cc3)c2)c1. The Hall–Kier alpha value is -2.53. The summed E-state index contributed by atoms with van der Waals surface area (Å²) < 4.78 is 15.6. The maximum atomic E-state index is 13.5. The predicted molar refractivity (Wildman–Crippen MR) is 87.1 cm³/mol. The lowest BCUT2D eigenvalue weighted by atomic mass is 10.1. The van der Waals surface area contributed by atoms with Crippen molar-refractivity contribution in [2.24, 2.45) is 0 Å². The smallest absolute Gasteiger partial charge is 0.335 e. The first-order valence-electron chi connectivity index (χ1n) is 7.09. The van der Waals surface area contributed by atoms with Gasteiger partial charge in [0.2, 0.25) is 0 Å². The van der Waals surface area contributed by atoms with Crippen LogP contribution in [0, 0.1) is 12.7 Å². The maximum absolute atomic E-state index is 13.5. The summed E-state index contributed by atoms with van der Waals surface area (Å²) in [7, 11) is 0. The Morgan fingerprint density at radius 2 is 1.91 bits per heavy atom. The lowest BCUT2D eigenvalue weighted by Gasteiger charge is -1.99. The minimum absolute atomic E-state index is 0.234. The number of aromatic nitrogens is 1. The molecule has 116 valence electrons. The lowest BCUT2D eigenvalue weighted by Crippen LogP contribution is -2.28. The molecule has 0 fully saturated rings. The largest absolute Gasteiger partial charge is 0.478 e. The van der Waals surface area contributed by atoms with Crippen molar-refractivity contribution >= 4 is 17.5 Å². The van der Waals surface area contributed by atoms with Crippen LogP contribution in [0.3, 0.4) is 0 Å². The molecule has 1 N–H and O–H groups in total. The molecule has 1 heterocycles. The van der Waals surface area contributed by atoms with Crippen LogP contribution in [-0.2, 0) is 6.54 Å². The molecule has 5 heteroatoms. The van der Waals surface area contributed by atoms with Crippen molar-refractivity contribution in [3.63, 3.8) is 0 Å². The van der Waals surface area contributed by atoms with E-state index in [1.54, 1.807) is 12.1 Å². The third-order valence-corrected chi connectivity index (χ3v) is 4.38. The van der Waals surface area contributed by atoms with E-state index in [1.807, 2.05) is 40.7 Å². The predicted octanol–water partition coefficient (Wildman–Crippen LogP) is 3.90. The van der Waals surface area contributed by atoms with Crippen molar-refractivity contribution in [2.75, 3.05) is 0 Å². The molecule has 1 aromatic heterocycles. The molecule has 0 bridgehead atoms. The summed E-state index contributed by atoms with van der Waals surface area (Å²) in [4.78, 5) is 10.9. The van der Waals surface area contributed by atoms with Crippen LogP contribution in [0.2, 0.25) is 0 Å². The number of carboxylic acid groups (broad SMARTS) is 1. The van der Waals surface area contributed by atoms with E-state index in [0.29, 0.717) is 6.54 Å². The van der Waals surface area contributed by atoms with Gasteiger partial charge in [0.1, 0.15) is 17.3 Å². The average Bonchev–Trinajstić information content (AvgIpc) is 2.95. The highest BCUT2D eigenvalue weighted by Gasteiger charge is 2.12. The molecule has 23 heavy (non-hydrogen) atoms. The summed E-state index contributed by atoms with van der Waals surface area (Å²) in [6.07, 6.45) is 1.98. The van der Waals surface area contributed by atoms with Crippen LogP contribution in [0.5, 0.6) is 0 Å². The molecule has 2 aromatic carbocycles. The van der Waals surface area contributed by atoms with Gasteiger partial charge in [-0.3, -0.25) is 0 Å². The summed E-state index contributed by atoms with van der Waals surface area (Å²) in [5, 5.41) is 10.9. The molecule has 3 aromatic rings. The zero-order valence-corrected chi connectivity index (χ0v) is 13.3. The van der Waals surface area contributed by atoms with E-state index in [0.717, 1.165) is 22.3 Å². The molecule has 0 radical (unpaired) electrons. The fourth-order valence-corrected chi connectivity index (χ4v) is 3.25. The van der Waals surface area contributed by atoms with E-state index >= 15 is 0 Å². The summed E-state index contributed by atoms with van der Waals surface area (Å²) >= 11 is 1.54. The number of carbonyl (C=O) groups is 1. The van der Waals surface area contributed by atoms with E-state index in [-0.39, 0.29) is 11.4 Å². The van der Waals surface area contributed by atoms with E-state index < -0.39 is 5.97 Å². The Balaban J connectivity index is 1.80. The number of hydrogen-bond donors (Lipinski definition) is 1. The monoisotopic (exact) mass is 328 g/mol. The Morgan fingerprint density at radius 3 is 2.57 bits per heavy atom. The van der Waals surface area contributed by atoms with Crippen LogP contribution in [0.25, 0.3) is 11.1 Å². The van der Waals surface area contributed by atoms with Crippen LogP contribution in [0.15, 0.2) is 54.0 Å². The highest BCUT2D eigenvalue weighted by atomic mass is 32.1. The molecular formula is C18H15FNO2S+. The minimum atomic E-state index is -0.927. The summed E-state index contributed by atoms with van der Waals surface area (Å²) in [6.45, 7) is 2.52. The average molecular weight is 328 g/mol. The zero-order chi connectivity index (χ0) is 16.4. The zero-order valence-electron chi connectivity index (χ0n) is 12.5. The van der Waals surface area contributed by atoms with Gasteiger partial charge in [0, 0.05) is 5.56 Å². The quantitative estimate of drug-likeness (QED) is 0.738. The molecule has 0 aliphatic rings. The van der Waals surface area contributed by atoms with Crippen molar-refractivity contribution in [3.05, 3.63) is 76.5 Å². The van der Waals surface area contributed by atoms with Gasteiger partial charge in [-0.05, 0) is 42.3 Å². The van der Waals surface area contributed by atoms with Gasteiger partial charge in [-0.1, -0.05) is 18.2 Å². The third-order valence-electron chi connectivity index (χ3n) is 3.51. The first kappa shape index (κ1) is 15.4. The number of benzene rings is 2. The molecule has 0 amide bonds. The number of nitrogens with zero attached hydrogens (tertiary/aromatic N) is 1. The minimum Gasteiger partial charge on any atom is -0.478 e. The van der Waals surface area contributed by atoms with Gasteiger partial charge in [0.25, 0.3) is 0 Å². The van der Waals surface area contributed by atoms with Gasteiger partial charge >= 0.3 is 5.97 Å². The Labute approximate surface area is 137 Å². The Bertz CT molecular complexity index is 835. The van der Waals surface area contributed by atoms with E-state index in [1.165, 1.54) is 23.7 Å². The van der Waals surface area contributed by atoms with Crippen molar-refractivity contribution in [1.29, 1.82) is 0 Å². The van der Waals surface area contributed by atoms with Crippen molar-refractivity contribution < 1.29 is 18.2 Å². The van der Waals surface area contributed by atoms with Crippen LogP contribution >= 0.6 is 11.5 Å². The van der Waals surface area contributed by atoms with Gasteiger partial charge in [-0.25, -0.2) is 9.18 Å². The number of aryl methyl sites for hydroxylation is 1. The van der Waals surface area contributed by atoms with Crippen molar-refractivity contribution in [1.82, 2.24) is 0 Å². The highest BCUT2D eigenvalue weighted by Crippen LogP contribution is 2.22. The second-order valence-corrected chi connectivity index (χ2v) is 6.32. The van der Waals surface area contributed by atoms with Crippen molar-refractivity contribution in [2.45, 2.75) is 13.5 Å². The Kier molecular flexibility index (Phi) is 4.21. The van der Waals surface area contributed by atoms with Gasteiger partial charge in [0.15, 0.2) is 12.7 Å². The second kappa shape index (κ2) is 6.30. The van der Waals surface area contributed by atoms with Crippen LogP contribution < -0.4 is 3.96 Å². The first-order chi connectivity index (χ1) is 11.0. The molecule has 3 nitrogen and oxygen atoms in total. The molecule has 0 aliphatic carbocycles. The number of rotatable bonds is 4. The second-order valence-electron chi connectivity index (χ2n) is 5.40. The summed E-state index contributed by atoms with van der Waals surface area (Å²) in [6, 6.07) is 11.8. The Morgan fingerprint density at radius 1 is 1.17 bits per heavy atom. The first-order valence-corrected chi connectivity index (χ1v) is 7.93. The van der Waals surface area contributed by atoms with E-state index in [4.69, 9.17) is 5.11 Å². The molecule has 0 saturated carbocycles. The van der Waals surface area contributed by atoms with Gasteiger partial charge in [0.05, 0.1) is 16.5 Å². The molecule has 0 unspecified atom stereocenters. The summed E-state index contributed by atoms with van der Waals surface area (Å²) in [5.41, 5.74) is 4.02. The number of hydrogen-bond acceptors (Lipinski definition) is 2.